The zero-order chi connectivity index (χ0) is 11.1. The van der Waals surface area contributed by atoms with Crippen LogP contribution in [0.1, 0.15) is 18.4 Å². The number of anilines is 1. The Bertz CT molecular complexity index is 305. The van der Waals surface area contributed by atoms with Crippen LogP contribution in [0.5, 0.6) is 0 Å². The first-order valence-corrected chi connectivity index (χ1v) is 7.27. The maximum absolute atomic E-state index is 4.33. The van der Waals surface area contributed by atoms with Crippen molar-refractivity contribution in [1.82, 2.24) is 4.98 Å². The number of nitrogens with one attached hydrogen (secondary N) is 1. The number of aromatic nitrogens is 1. The van der Waals surface area contributed by atoms with Crippen LogP contribution in [-0.2, 0) is 0 Å². The van der Waals surface area contributed by atoms with Gasteiger partial charge in [0.15, 0.2) is 0 Å². The molecule has 0 fully saturated rings. The molecule has 0 saturated carbocycles. The Morgan fingerprint density at radius 3 is 2.93 bits per heavy atom. The van der Waals surface area contributed by atoms with Gasteiger partial charge in [-0.25, -0.2) is 4.98 Å². The molecule has 0 atom stereocenters. The lowest BCUT2D eigenvalue weighted by molar-refractivity contribution is 0.839. The van der Waals surface area contributed by atoms with E-state index >= 15 is 0 Å². The average Bonchev–Trinajstić information content (AvgIpc) is 2.20. The molecule has 2 nitrogen and oxygen atoms in total. The third-order valence-electron chi connectivity index (χ3n) is 2.05. The van der Waals surface area contributed by atoms with Crippen LogP contribution in [0.3, 0.4) is 0 Å². The van der Waals surface area contributed by atoms with Crippen LogP contribution in [0.15, 0.2) is 16.7 Å². The number of nitrogens with zero attached hydrogens (tertiary/aromatic N) is 1. The predicted molar refractivity (Wildman–Crippen MR) is 72.8 cm³/mol. The second kappa shape index (κ2) is 7.12. The minimum Gasteiger partial charge on any atom is -0.369 e. The van der Waals surface area contributed by atoms with E-state index in [4.69, 9.17) is 0 Å². The van der Waals surface area contributed by atoms with Crippen LogP contribution in [0.2, 0.25) is 0 Å². The van der Waals surface area contributed by atoms with Crippen molar-refractivity contribution < 1.29 is 0 Å². The molecule has 0 aliphatic rings. The molecule has 0 bridgehead atoms. The maximum atomic E-state index is 4.33. The largest absolute Gasteiger partial charge is 0.369 e. The molecule has 4 heteroatoms. The van der Waals surface area contributed by atoms with Gasteiger partial charge in [0.2, 0.25) is 0 Å². The summed E-state index contributed by atoms with van der Waals surface area (Å²) < 4.78 is 1.05. The molecule has 0 aliphatic heterocycles. The number of thioether (sulfide) groups is 1. The molecule has 0 amide bonds. The number of rotatable bonds is 6. The molecule has 15 heavy (non-hydrogen) atoms. The summed E-state index contributed by atoms with van der Waals surface area (Å²) in [6.07, 6.45) is 6.49. The Morgan fingerprint density at radius 2 is 2.27 bits per heavy atom. The summed E-state index contributed by atoms with van der Waals surface area (Å²) in [5, 5.41) is 3.33. The summed E-state index contributed by atoms with van der Waals surface area (Å²) in [6, 6.07) is 2.08. The molecule has 1 N–H and O–H groups in total. The lowest BCUT2D eigenvalue weighted by Crippen LogP contribution is -2.04. The second-order valence-electron chi connectivity index (χ2n) is 3.47. The van der Waals surface area contributed by atoms with E-state index in [1.807, 2.05) is 24.9 Å². The van der Waals surface area contributed by atoms with Gasteiger partial charge in [-0.3, -0.25) is 0 Å². The van der Waals surface area contributed by atoms with Gasteiger partial charge in [0.1, 0.15) is 5.82 Å². The smallest absolute Gasteiger partial charge is 0.140 e. The van der Waals surface area contributed by atoms with Gasteiger partial charge in [-0.05, 0) is 59.3 Å². The normalized spacial score (nSPS) is 10.3. The molecule has 1 aromatic rings. The minimum absolute atomic E-state index is 0.949. The Labute approximate surface area is 104 Å². The zero-order valence-corrected chi connectivity index (χ0v) is 11.6. The lowest BCUT2D eigenvalue weighted by Gasteiger charge is -2.07. The van der Waals surface area contributed by atoms with E-state index in [0.717, 1.165) is 16.8 Å². The number of pyridine rings is 1. The van der Waals surface area contributed by atoms with E-state index in [0.29, 0.717) is 0 Å². The molecule has 0 aromatic carbocycles. The van der Waals surface area contributed by atoms with E-state index in [9.17, 15) is 0 Å². The van der Waals surface area contributed by atoms with Gasteiger partial charge in [0.25, 0.3) is 0 Å². The first-order valence-electron chi connectivity index (χ1n) is 5.09. The highest BCUT2D eigenvalue weighted by Gasteiger charge is 1.99. The molecular weight excluding hydrogens is 272 g/mol. The number of hydrogen-bond donors (Lipinski definition) is 1. The minimum atomic E-state index is 0.949. The monoisotopic (exact) mass is 288 g/mol. The second-order valence-corrected chi connectivity index (χ2v) is 5.31. The van der Waals surface area contributed by atoms with Crippen molar-refractivity contribution in [3.8, 4) is 0 Å². The van der Waals surface area contributed by atoms with Crippen molar-refractivity contribution in [3.63, 3.8) is 0 Å². The predicted octanol–water partition coefficient (Wildman–Crippen LogP) is 3.71. The van der Waals surface area contributed by atoms with Crippen molar-refractivity contribution in [3.05, 3.63) is 22.3 Å². The highest BCUT2D eigenvalue weighted by Crippen LogP contribution is 2.20. The highest BCUT2D eigenvalue weighted by molar-refractivity contribution is 9.10. The summed E-state index contributed by atoms with van der Waals surface area (Å²) in [5.74, 6) is 2.19. The van der Waals surface area contributed by atoms with Crippen molar-refractivity contribution in [1.29, 1.82) is 0 Å². The van der Waals surface area contributed by atoms with Crippen LogP contribution >= 0.6 is 27.7 Å². The van der Waals surface area contributed by atoms with Gasteiger partial charge in [-0.15, -0.1) is 0 Å². The summed E-state index contributed by atoms with van der Waals surface area (Å²) in [4.78, 5) is 4.33. The molecule has 0 radical (unpaired) electrons. The molecule has 0 unspecified atom stereocenters. The van der Waals surface area contributed by atoms with Gasteiger partial charge in [0.05, 0.1) is 4.47 Å². The van der Waals surface area contributed by atoms with Crippen LogP contribution < -0.4 is 5.32 Å². The Kier molecular flexibility index (Phi) is 6.10. The number of halogens is 1. The van der Waals surface area contributed by atoms with Crippen LogP contribution in [0.25, 0.3) is 0 Å². The molecular formula is C11H17BrN2S. The molecule has 84 valence electrons. The Balaban J connectivity index is 2.31. The maximum Gasteiger partial charge on any atom is 0.140 e. The summed E-state index contributed by atoms with van der Waals surface area (Å²) >= 11 is 5.40. The van der Waals surface area contributed by atoms with Gasteiger partial charge in [-0.1, -0.05) is 0 Å². The van der Waals surface area contributed by atoms with E-state index in [1.165, 1.54) is 24.2 Å². The summed E-state index contributed by atoms with van der Waals surface area (Å²) in [6.45, 7) is 3.04. The topological polar surface area (TPSA) is 24.9 Å². The number of unbranched alkanes of at least 4 members (excludes halogenated alkanes) is 1. The van der Waals surface area contributed by atoms with Crippen molar-refractivity contribution in [2.24, 2.45) is 0 Å². The average molecular weight is 289 g/mol. The fourth-order valence-corrected chi connectivity index (χ4v) is 2.34. The fourth-order valence-electron chi connectivity index (χ4n) is 1.24. The lowest BCUT2D eigenvalue weighted by atomic mass is 10.3. The third-order valence-corrected chi connectivity index (χ3v) is 3.35. The van der Waals surface area contributed by atoms with Crippen LogP contribution in [0.4, 0.5) is 5.82 Å². The first-order chi connectivity index (χ1) is 7.24. The summed E-state index contributed by atoms with van der Waals surface area (Å²) in [5.41, 5.74) is 1.18. The Hall–Kier alpha value is -0.220. The first kappa shape index (κ1) is 12.8. The number of hydrogen-bond acceptors (Lipinski definition) is 3. The molecule has 1 aromatic heterocycles. The van der Waals surface area contributed by atoms with Gasteiger partial charge in [0, 0.05) is 12.7 Å². The van der Waals surface area contributed by atoms with Gasteiger partial charge < -0.3 is 5.32 Å². The van der Waals surface area contributed by atoms with E-state index in [1.54, 1.807) is 0 Å². The van der Waals surface area contributed by atoms with E-state index in [-0.39, 0.29) is 0 Å². The van der Waals surface area contributed by atoms with E-state index in [2.05, 4.69) is 38.6 Å². The van der Waals surface area contributed by atoms with Crippen molar-refractivity contribution >= 4 is 33.5 Å². The highest BCUT2D eigenvalue weighted by atomic mass is 79.9. The molecule has 0 spiro atoms. The van der Waals surface area contributed by atoms with Crippen LogP contribution in [-0.4, -0.2) is 23.5 Å². The van der Waals surface area contributed by atoms with Gasteiger partial charge in [-0.2, -0.15) is 11.8 Å². The molecule has 0 aliphatic carbocycles. The molecule has 1 rings (SSSR count). The third kappa shape index (κ3) is 4.89. The quantitative estimate of drug-likeness (QED) is 0.808. The van der Waals surface area contributed by atoms with E-state index < -0.39 is 0 Å². The van der Waals surface area contributed by atoms with Crippen molar-refractivity contribution in [2.75, 3.05) is 23.9 Å². The fraction of sp³-hybridized carbons (Fsp3) is 0.545. The Morgan fingerprint density at radius 1 is 1.47 bits per heavy atom. The standard InChI is InChI=1S/C11H17BrN2S/c1-9-7-10(12)11(14-8-9)13-5-3-4-6-15-2/h7-8H,3-6H2,1-2H3,(H,13,14). The van der Waals surface area contributed by atoms with Gasteiger partial charge >= 0.3 is 0 Å². The number of aryl methyl sites for hydroxylation is 1. The molecule has 0 saturated heterocycles. The van der Waals surface area contributed by atoms with Crippen molar-refractivity contribution in [2.45, 2.75) is 19.8 Å². The molecule has 1 heterocycles. The zero-order valence-electron chi connectivity index (χ0n) is 9.22. The van der Waals surface area contributed by atoms with Crippen LogP contribution in [0, 0.1) is 6.92 Å². The summed E-state index contributed by atoms with van der Waals surface area (Å²) in [7, 11) is 0. The SMILES string of the molecule is CSCCCCNc1ncc(C)cc1Br.